The predicted octanol–water partition coefficient (Wildman–Crippen LogP) is 1.65. The van der Waals surface area contributed by atoms with Gasteiger partial charge < -0.3 is 9.64 Å². The van der Waals surface area contributed by atoms with Gasteiger partial charge in [0.25, 0.3) is 5.91 Å². The molecule has 1 saturated heterocycles. The summed E-state index contributed by atoms with van der Waals surface area (Å²) in [6.45, 7) is 5.49. The van der Waals surface area contributed by atoms with Gasteiger partial charge in [-0.05, 0) is 31.0 Å². The molecule has 1 atom stereocenters. The van der Waals surface area contributed by atoms with E-state index in [-0.39, 0.29) is 11.9 Å². The van der Waals surface area contributed by atoms with E-state index in [1.54, 1.807) is 17.1 Å². The minimum atomic E-state index is -0.128. The number of ether oxygens (including phenoxy) is 1. The van der Waals surface area contributed by atoms with Crippen LogP contribution in [0.2, 0.25) is 0 Å². The number of amides is 1. The second kappa shape index (κ2) is 5.88. The number of carbonyl (C=O) groups excluding carboxylic acids is 1. The zero-order valence-electron chi connectivity index (χ0n) is 13.1. The summed E-state index contributed by atoms with van der Waals surface area (Å²) >= 11 is 0. The molecule has 0 N–H and O–H groups in total. The Bertz CT molecular complexity index is 695. The zero-order valence-corrected chi connectivity index (χ0v) is 13.1. The number of aryl methyl sites for hydroxylation is 3. The molecule has 6 heteroatoms. The SMILES string of the molecule is Cc1cnc(C(=O)N2CCOCC2c2ccnn2C)c(C)c1. The molecule has 1 unspecified atom stereocenters. The van der Waals surface area contributed by atoms with E-state index in [9.17, 15) is 4.79 Å². The Morgan fingerprint density at radius 2 is 2.23 bits per heavy atom. The number of morpholine rings is 1. The van der Waals surface area contributed by atoms with E-state index >= 15 is 0 Å². The van der Waals surface area contributed by atoms with Crippen LogP contribution in [0.5, 0.6) is 0 Å². The molecule has 116 valence electrons. The standard InChI is InChI=1S/C16H20N4O2/c1-11-8-12(2)15(17-9-11)16(21)20-6-7-22-10-14(20)13-4-5-18-19(13)3/h4-5,8-9,14H,6-7,10H2,1-3H3. The van der Waals surface area contributed by atoms with Crippen LogP contribution in [0, 0.1) is 13.8 Å². The van der Waals surface area contributed by atoms with E-state index in [0.29, 0.717) is 25.5 Å². The van der Waals surface area contributed by atoms with Gasteiger partial charge in [-0.15, -0.1) is 0 Å². The number of rotatable bonds is 2. The van der Waals surface area contributed by atoms with Crippen molar-refractivity contribution >= 4 is 5.91 Å². The first-order chi connectivity index (χ1) is 10.6. The third-order valence-electron chi connectivity index (χ3n) is 4.01. The molecule has 0 saturated carbocycles. The summed E-state index contributed by atoms with van der Waals surface area (Å²) in [7, 11) is 1.88. The molecule has 22 heavy (non-hydrogen) atoms. The first-order valence-corrected chi connectivity index (χ1v) is 7.38. The van der Waals surface area contributed by atoms with Crippen LogP contribution in [0.1, 0.15) is 33.4 Å². The largest absolute Gasteiger partial charge is 0.377 e. The van der Waals surface area contributed by atoms with E-state index in [1.807, 2.05) is 37.9 Å². The summed E-state index contributed by atoms with van der Waals surface area (Å²) < 4.78 is 7.36. The van der Waals surface area contributed by atoms with Crippen molar-refractivity contribution in [2.45, 2.75) is 19.9 Å². The Hall–Kier alpha value is -2.21. The van der Waals surface area contributed by atoms with Gasteiger partial charge in [-0.1, -0.05) is 6.07 Å². The molecule has 6 nitrogen and oxygen atoms in total. The molecule has 0 aliphatic carbocycles. The summed E-state index contributed by atoms with van der Waals surface area (Å²) in [5.41, 5.74) is 3.44. The lowest BCUT2D eigenvalue weighted by Crippen LogP contribution is -2.44. The Morgan fingerprint density at radius 3 is 2.91 bits per heavy atom. The summed E-state index contributed by atoms with van der Waals surface area (Å²) in [5.74, 6) is -0.0491. The van der Waals surface area contributed by atoms with Crippen LogP contribution in [-0.4, -0.2) is 45.3 Å². The molecule has 1 aliphatic heterocycles. The van der Waals surface area contributed by atoms with Crippen LogP contribution < -0.4 is 0 Å². The number of nitrogens with zero attached hydrogens (tertiary/aromatic N) is 4. The smallest absolute Gasteiger partial charge is 0.273 e. The average molecular weight is 300 g/mol. The number of aromatic nitrogens is 3. The van der Waals surface area contributed by atoms with Crippen molar-refractivity contribution in [3.05, 3.63) is 47.0 Å². The number of hydrogen-bond donors (Lipinski definition) is 0. The normalized spacial score (nSPS) is 18.5. The zero-order chi connectivity index (χ0) is 15.7. The van der Waals surface area contributed by atoms with Crippen molar-refractivity contribution in [3.63, 3.8) is 0 Å². The fourth-order valence-corrected chi connectivity index (χ4v) is 2.88. The van der Waals surface area contributed by atoms with Crippen molar-refractivity contribution in [1.82, 2.24) is 19.7 Å². The van der Waals surface area contributed by atoms with Crippen LogP contribution in [0.4, 0.5) is 0 Å². The highest BCUT2D eigenvalue weighted by molar-refractivity contribution is 5.94. The lowest BCUT2D eigenvalue weighted by Gasteiger charge is -2.35. The monoisotopic (exact) mass is 300 g/mol. The molecule has 1 aliphatic rings. The first kappa shape index (κ1) is 14.7. The minimum Gasteiger partial charge on any atom is -0.377 e. The second-order valence-electron chi connectivity index (χ2n) is 5.65. The maximum absolute atomic E-state index is 12.9. The van der Waals surface area contributed by atoms with Crippen molar-refractivity contribution in [3.8, 4) is 0 Å². The predicted molar refractivity (Wildman–Crippen MR) is 81.5 cm³/mol. The van der Waals surface area contributed by atoms with Gasteiger partial charge in [0.1, 0.15) is 5.69 Å². The molecule has 2 aromatic rings. The minimum absolute atomic E-state index is 0.0491. The van der Waals surface area contributed by atoms with Gasteiger partial charge in [0.05, 0.1) is 24.9 Å². The Kier molecular flexibility index (Phi) is 3.94. The topological polar surface area (TPSA) is 60.3 Å². The molecule has 1 amide bonds. The summed E-state index contributed by atoms with van der Waals surface area (Å²) in [4.78, 5) is 19.1. The Balaban J connectivity index is 1.93. The number of hydrogen-bond acceptors (Lipinski definition) is 4. The van der Waals surface area contributed by atoms with Crippen LogP contribution in [-0.2, 0) is 11.8 Å². The molecule has 0 aromatic carbocycles. The fourth-order valence-electron chi connectivity index (χ4n) is 2.88. The summed E-state index contributed by atoms with van der Waals surface area (Å²) in [5, 5.41) is 4.20. The quantitative estimate of drug-likeness (QED) is 0.846. The lowest BCUT2D eigenvalue weighted by atomic mass is 10.1. The molecule has 0 spiro atoms. The van der Waals surface area contributed by atoms with Gasteiger partial charge in [0, 0.05) is 26.0 Å². The van der Waals surface area contributed by atoms with Crippen molar-refractivity contribution in [2.75, 3.05) is 19.8 Å². The van der Waals surface area contributed by atoms with Gasteiger partial charge in [-0.25, -0.2) is 0 Å². The third kappa shape index (κ3) is 2.62. The van der Waals surface area contributed by atoms with E-state index in [4.69, 9.17) is 4.74 Å². The lowest BCUT2D eigenvalue weighted by molar-refractivity contribution is -0.00526. The van der Waals surface area contributed by atoms with Crippen molar-refractivity contribution < 1.29 is 9.53 Å². The van der Waals surface area contributed by atoms with E-state index in [2.05, 4.69) is 10.1 Å². The molecule has 3 heterocycles. The van der Waals surface area contributed by atoms with Crippen molar-refractivity contribution in [2.24, 2.45) is 7.05 Å². The Morgan fingerprint density at radius 1 is 1.41 bits per heavy atom. The maximum atomic E-state index is 12.9. The van der Waals surface area contributed by atoms with E-state index < -0.39 is 0 Å². The highest BCUT2D eigenvalue weighted by Gasteiger charge is 2.32. The average Bonchev–Trinajstić information content (AvgIpc) is 2.93. The highest BCUT2D eigenvalue weighted by Crippen LogP contribution is 2.25. The summed E-state index contributed by atoms with van der Waals surface area (Å²) in [6.07, 6.45) is 3.47. The first-order valence-electron chi connectivity index (χ1n) is 7.38. The van der Waals surface area contributed by atoms with Crippen molar-refractivity contribution in [1.29, 1.82) is 0 Å². The van der Waals surface area contributed by atoms with Crippen LogP contribution in [0.15, 0.2) is 24.5 Å². The van der Waals surface area contributed by atoms with Gasteiger partial charge >= 0.3 is 0 Å². The van der Waals surface area contributed by atoms with Crippen LogP contribution in [0.25, 0.3) is 0 Å². The van der Waals surface area contributed by atoms with Gasteiger partial charge in [0.15, 0.2) is 0 Å². The van der Waals surface area contributed by atoms with Gasteiger partial charge in [-0.3, -0.25) is 14.5 Å². The molecule has 1 fully saturated rings. The molecular formula is C16H20N4O2. The molecule has 2 aromatic heterocycles. The molecular weight excluding hydrogens is 280 g/mol. The molecule has 0 bridgehead atoms. The molecule has 3 rings (SSSR count). The van der Waals surface area contributed by atoms with Crippen LogP contribution in [0.3, 0.4) is 0 Å². The van der Waals surface area contributed by atoms with Crippen LogP contribution >= 0.6 is 0 Å². The van der Waals surface area contributed by atoms with E-state index in [1.165, 1.54) is 0 Å². The fraction of sp³-hybridized carbons (Fsp3) is 0.438. The third-order valence-corrected chi connectivity index (χ3v) is 4.01. The summed E-state index contributed by atoms with van der Waals surface area (Å²) in [6, 6.07) is 3.78. The highest BCUT2D eigenvalue weighted by atomic mass is 16.5. The maximum Gasteiger partial charge on any atom is 0.273 e. The Labute approximate surface area is 129 Å². The number of carbonyl (C=O) groups is 1. The van der Waals surface area contributed by atoms with E-state index in [0.717, 1.165) is 16.8 Å². The number of pyridine rings is 1. The van der Waals surface area contributed by atoms with Gasteiger partial charge in [0.2, 0.25) is 0 Å². The molecule has 0 radical (unpaired) electrons. The van der Waals surface area contributed by atoms with Gasteiger partial charge in [-0.2, -0.15) is 5.10 Å². The second-order valence-corrected chi connectivity index (χ2v) is 5.65.